The molecule has 0 saturated carbocycles. The Morgan fingerprint density at radius 1 is 1.06 bits per heavy atom. The monoisotopic (exact) mass is 474 g/mol. The average Bonchev–Trinajstić information content (AvgIpc) is 3.48. The lowest BCUT2D eigenvalue weighted by Gasteiger charge is -2.12. The molecule has 172 valence electrons. The molecule has 0 saturated heterocycles. The number of para-hydroxylation sites is 2. The Kier molecular flexibility index (Phi) is 6.09. The molecular formula is C25H22N4O4S. The number of thioether (sulfide) groups is 1. The van der Waals surface area contributed by atoms with Gasteiger partial charge in [-0.15, -0.1) is 10.2 Å². The van der Waals surface area contributed by atoms with Crippen LogP contribution < -0.4 is 19.5 Å². The highest BCUT2D eigenvalue weighted by atomic mass is 32.2. The van der Waals surface area contributed by atoms with Crippen LogP contribution in [0.15, 0.2) is 71.9 Å². The first-order valence-electron chi connectivity index (χ1n) is 10.6. The molecule has 1 aliphatic rings. The molecule has 0 radical (unpaired) electrons. The van der Waals surface area contributed by atoms with E-state index in [4.69, 9.17) is 14.2 Å². The number of aromatic nitrogens is 3. The number of amides is 1. The molecule has 5 rings (SSSR count). The fourth-order valence-electron chi connectivity index (χ4n) is 3.61. The van der Waals surface area contributed by atoms with Crippen molar-refractivity contribution in [3.8, 4) is 22.9 Å². The SMILES string of the molecule is COc1ccccc1-n1c(C)nnc1SCc1ccc(C(=O)Nc2ccc3c(c2)OCO3)cc1. The third kappa shape index (κ3) is 4.42. The smallest absolute Gasteiger partial charge is 0.255 e. The summed E-state index contributed by atoms with van der Waals surface area (Å²) in [5, 5.41) is 12.2. The van der Waals surface area contributed by atoms with Crippen molar-refractivity contribution >= 4 is 23.4 Å². The van der Waals surface area contributed by atoms with Gasteiger partial charge < -0.3 is 19.5 Å². The molecule has 34 heavy (non-hydrogen) atoms. The zero-order chi connectivity index (χ0) is 23.5. The van der Waals surface area contributed by atoms with Gasteiger partial charge in [0.05, 0.1) is 12.8 Å². The van der Waals surface area contributed by atoms with E-state index in [1.54, 1.807) is 37.1 Å². The second kappa shape index (κ2) is 9.48. The molecule has 9 heteroatoms. The molecule has 1 N–H and O–H groups in total. The number of nitrogens with one attached hydrogen (secondary N) is 1. The lowest BCUT2D eigenvalue weighted by Crippen LogP contribution is -2.11. The average molecular weight is 475 g/mol. The van der Waals surface area contributed by atoms with Crippen molar-refractivity contribution in [2.45, 2.75) is 17.8 Å². The minimum absolute atomic E-state index is 0.190. The molecule has 8 nitrogen and oxygen atoms in total. The van der Waals surface area contributed by atoms with Gasteiger partial charge in [0.2, 0.25) is 6.79 Å². The highest BCUT2D eigenvalue weighted by molar-refractivity contribution is 7.98. The molecule has 2 heterocycles. The Bertz CT molecular complexity index is 1340. The van der Waals surface area contributed by atoms with Gasteiger partial charge in [0, 0.05) is 23.1 Å². The van der Waals surface area contributed by atoms with Crippen molar-refractivity contribution in [1.29, 1.82) is 0 Å². The van der Waals surface area contributed by atoms with E-state index in [-0.39, 0.29) is 12.7 Å². The molecule has 3 aromatic carbocycles. The van der Waals surface area contributed by atoms with Crippen LogP contribution in [0.2, 0.25) is 0 Å². The topological polar surface area (TPSA) is 87.5 Å². The second-order valence-corrected chi connectivity index (χ2v) is 8.49. The number of aryl methyl sites for hydroxylation is 1. The van der Waals surface area contributed by atoms with Crippen LogP contribution in [0.5, 0.6) is 17.2 Å². The van der Waals surface area contributed by atoms with E-state index in [0.717, 1.165) is 28.0 Å². The van der Waals surface area contributed by atoms with Crippen molar-refractivity contribution < 1.29 is 19.0 Å². The molecule has 1 aromatic heterocycles. The van der Waals surface area contributed by atoms with Gasteiger partial charge in [0.15, 0.2) is 16.7 Å². The van der Waals surface area contributed by atoms with Crippen LogP contribution in [0.4, 0.5) is 5.69 Å². The standard InChI is InChI=1S/C25H22N4O4S/c1-16-27-28-25(29(16)20-5-3-4-6-21(20)31-2)34-14-17-7-9-18(10-8-17)24(30)26-19-11-12-22-23(13-19)33-15-32-22/h3-13H,14-15H2,1-2H3,(H,26,30). The van der Waals surface area contributed by atoms with E-state index in [0.29, 0.717) is 28.5 Å². The zero-order valence-electron chi connectivity index (χ0n) is 18.6. The maximum Gasteiger partial charge on any atom is 0.255 e. The molecule has 0 aliphatic carbocycles. The largest absolute Gasteiger partial charge is 0.495 e. The van der Waals surface area contributed by atoms with Crippen molar-refractivity contribution in [3.63, 3.8) is 0 Å². The van der Waals surface area contributed by atoms with Crippen molar-refractivity contribution in [2.75, 3.05) is 19.2 Å². The quantitative estimate of drug-likeness (QED) is 0.383. The fourth-order valence-corrected chi connectivity index (χ4v) is 4.55. The minimum atomic E-state index is -0.190. The highest BCUT2D eigenvalue weighted by Crippen LogP contribution is 2.34. The highest BCUT2D eigenvalue weighted by Gasteiger charge is 2.16. The molecule has 0 spiro atoms. The number of carbonyl (C=O) groups excluding carboxylic acids is 1. The zero-order valence-corrected chi connectivity index (χ0v) is 19.5. The summed E-state index contributed by atoms with van der Waals surface area (Å²) in [7, 11) is 1.65. The van der Waals surface area contributed by atoms with Gasteiger partial charge in [-0.25, -0.2) is 0 Å². The molecule has 1 amide bonds. The van der Waals surface area contributed by atoms with Crippen LogP contribution in [-0.2, 0) is 5.75 Å². The fraction of sp³-hybridized carbons (Fsp3) is 0.160. The van der Waals surface area contributed by atoms with E-state index in [9.17, 15) is 4.79 Å². The van der Waals surface area contributed by atoms with Gasteiger partial charge >= 0.3 is 0 Å². The first-order valence-corrected chi connectivity index (χ1v) is 11.6. The Labute approximate surface area is 200 Å². The predicted octanol–water partition coefficient (Wildman–Crippen LogP) is 4.86. The lowest BCUT2D eigenvalue weighted by molar-refractivity contribution is 0.102. The van der Waals surface area contributed by atoms with E-state index >= 15 is 0 Å². The Morgan fingerprint density at radius 2 is 1.85 bits per heavy atom. The Balaban J connectivity index is 1.25. The third-order valence-electron chi connectivity index (χ3n) is 5.34. The van der Waals surface area contributed by atoms with E-state index in [1.165, 1.54) is 0 Å². The molecule has 1 aliphatic heterocycles. The maximum absolute atomic E-state index is 12.6. The van der Waals surface area contributed by atoms with Gasteiger partial charge in [-0.2, -0.15) is 0 Å². The number of rotatable bonds is 7. The van der Waals surface area contributed by atoms with Crippen LogP contribution in [0.3, 0.4) is 0 Å². The molecule has 0 fully saturated rings. The number of ether oxygens (including phenoxy) is 3. The van der Waals surface area contributed by atoms with E-state index < -0.39 is 0 Å². The number of hydrogen-bond acceptors (Lipinski definition) is 7. The van der Waals surface area contributed by atoms with E-state index in [2.05, 4.69) is 15.5 Å². The van der Waals surface area contributed by atoms with Crippen LogP contribution in [0.25, 0.3) is 5.69 Å². The second-order valence-electron chi connectivity index (χ2n) is 7.54. The normalized spacial score (nSPS) is 11.9. The summed E-state index contributed by atoms with van der Waals surface area (Å²) in [6.45, 7) is 2.11. The van der Waals surface area contributed by atoms with Crippen molar-refractivity contribution in [3.05, 3.63) is 83.7 Å². The number of anilines is 1. The van der Waals surface area contributed by atoms with Crippen LogP contribution in [0.1, 0.15) is 21.7 Å². The van der Waals surface area contributed by atoms with Gasteiger partial charge in [0.25, 0.3) is 5.91 Å². The van der Waals surface area contributed by atoms with Gasteiger partial charge in [-0.1, -0.05) is 36.0 Å². The number of benzene rings is 3. The number of nitrogens with zero attached hydrogens (tertiary/aromatic N) is 3. The third-order valence-corrected chi connectivity index (χ3v) is 6.34. The molecule has 0 atom stereocenters. The van der Waals surface area contributed by atoms with Gasteiger partial charge in [-0.3, -0.25) is 9.36 Å². The van der Waals surface area contributed by atoms with Crippen LogP contribution in [-0.4, -0.2) is 34.6 Å². The van der Waals surface area contributed by atoms with Crippen LogP contribution >= 0.6 is 11.8 Å². The Hall–Kier alpha value is -3.98. The number of hydrogen-bond donors (Lipinski definition) is 1. The summed E-state index contributed by atoms with van der Waals surface area (Å²) < 4.78 is 18.2. The van der Waals surface area contributed by atoms with Gasteiger partial charge in [-0.05, 0) is 48.9 Å². The maximum atomic E-state index is 12.6. The lowest BCUT2D eigenvalue weighted by atomic mass is 10.1. The van der Waals surface area contributed by atoms with Crippen molar-refractivity contribution in [2.24, 2.45) is 0 Å². The van der Waals surface area contributed by atoms with Crippen LogP contribution in [0, 0.1) is 6.92 Å². The summed E-state index contributed by atoms with van der Waals surface area (Å²) in [5.41, 5.74) is 3.18. The van der Waals surface area contributed by atoms with E-state index in [1.807, 2.05) is 60.0 Å². The molecular weight excluding hydrogens is 452 g/mol. The first-order chi connectivity index (χ1) is 16.6. The van der Waals surface area contributed by atoms with Gasteiger partial charge in [0.1, 0.15) is 11.6 Å². The Morgan fingerprint density at radius 3 is 2.68 bits per heavy atom. The molecule has 0 bridgehead atoms. The minimum Gasteiger partial charge on any atom is -0.495 e. The predicted molar refractivity (Wildman–Crippen MR) is 129 cm³/mol. The van der Waals surface area contributed by atoms with Crippen molar-refractivity contribution in [1.82, 2.24) is 14.8 Å². The number of methoxy groups -OCH3 is 1. The first kappa shape index (κ1) is 21.8. The summed E-state index contributed by atoms with van der Waals surface area (Å²) in [4.78, 5) is 12.6. The molecule has 4 aromatic rings. The summed E-state index contributed by atoms with van der Waals surface area (Å²) >= 11 is 1.57. The summed E-state index contributed by atoms with van der Waals surface area (Å²) in [6.07, 6.45) is 0. The number of fused-ring (bicyclic) bond motifs is 1. The summed E-state index contributed by atoms with van der Waals surface area (Å²) in [6, 6.07) is 20.6. The summed E-state index contributed by atoms with van der Waals surface area (Å²) in [5.74, 6) is 3.33. The number of carbonyl (C=O) groups is 1. The molecule has 0 unspecified atom stereocenters.